The molecule has 0 heterocycles. The number of para-hydroxylation sites is 1. The predicted octanol–water partition coefficient (Wildman–Crippen LogP) is 3.61. The van der Waals surface area contributed by atoms with Crippen LogP contribution in [-0.4, -0.2) is 18.5 Å². The molecule has 0 spiro atoms. The van der Waals surface area contributed by atoms with Crippen LogP contribution in [0.3, 0.4) is 0 Å². The second kappa shape index (κ2) is 6.73. The number of ether oxygens (including phenoxy) is 1. The van der Waals surface area contributed by atoms with Crippen LogP contribution in [0.25, 0.3) is 0 Å². The molecule has 2 bridgehead atoms. The van der Waals surface area contributed by atoms with Crippen molar-refractivity contribution in [3.63, 3.8) is 0 Å². The lowest BCUT2D eigenvalue weighted by atomic mass is 9.86. The van der Waals surface area contributed by atoms with E-state index in [9.17, 15) is 9.59 Å². The summed E-state index contributed by atoms with van der Waals surface area (Å²) in [5.74, 6) is 1.49. The van der Waals surface area contributed by atoms with E-state index < -0.39 is 0 Å². The molecule has 2 saturated carbocycles. The molecule has 1 aromatic carbocycles. The number of benzene rings is 1. The third-order valence-corrected chi connectivity index (χ3v) is 5.42. The SMILES string of the molecule is Cc1cccc(C)c1NC(=O)COC(=O)C[C@H]1C[C@@H]2CC[C@@H]1C2. The van der Waals surface area contributed by atoms with Crippen molar-refractivity contribution in [2.24, 2.45) is 17.8 Å². The Hall–Kier alpha value is -1.84. The molecule has 0 radical (unpaired) electrons. The van der Waals surface area contributed by atoms with E-state index in [4.69, 9.17) is 4.74 Å². The van der Waals surface area contributed by atoms with Gasteiger partial charge in [-0.2, -0.15) is 0 Å². The lowest BCUT2D eigenvalue weighted by Crippen LogP contribution is -2.23. The van der Waals surface area contributed by atoms with Gasteiger partial charge in [0, 0.05) is 12.1 Å². The summed E-state index contributed by atoms with van der Waals surface area (Å²) in [7, 11) is 0. The van der Waals surface area contributed by atoms with Gasteiger partial charge in [0.1, 0.15) is 0 Å². The van der Waals surface area contributed by atoms with E-state index in [0.29, 0.717) is 18.3 Å². The average Bonchev–Trinajstić information content (AvgIpc) is 3.12. The quantitative estimate of drug-likeness (QED) is 0.845. The van der Waals surface area contributed by atoms with Gasteiger partial charge in [0.25, 0.3) is 5.91 Å². The first-order chi connectivity index (χ1) is 11.0. The van der Waals surface area contributed by atoms with Crippen molar-refractivity contribution in [2.45, 2.75) is 46.0 Å². The molecule has 0 saturated heterocycles. The predicted molar refractivity (Wildman–Crippen MR) is 89.1 cm³/mol. The molecule has 0 unspecified atom stereocenters. The monoisotopic (exact) mass is 315 g/mol. The topological polar surface area (TPSA) is 55.4 Å². The molecule has 2 aliphatic carbocycles. The van der Waals surface area contributed by atoms with Crippen molar-refractivity contribution >= 4 is 17.6 Å². The van der Waals surface area contributed by atoms with Crippen molar-refractivity contribution in [1.29, 1.82) is 0 Å². The maximum atomic E-state index is 12.0. The van der Waals surface area contributed by atoms with Crippen LogP contribution in [0.15, 0.2) is 18.2 Å². The van der Waals surface area contributed by atoms with Crippen LogP contribution in [0.5, 0.6) is 0 Å². The summed E-state index contributed by atoms with van der Waals surface area (Å²) < 4.78 is 5.17. The zero-order valence-corrected chi connectivity index (χ0v) is 13.9. The lowest BCUT2D eigenvalue weighted by molar-refractivity contribution is -0.148. The Bertz CT molecular complexity index is 590. The molecule has 0 aliphatic heterocycles. The largest absolute Gasteiger partial charge is 0.456 e. The van der Waals surface area contributed by atoms with Crippen LogP contribution in [0.1, 0.15) is 43.2 Å². The number of anilines is 1. The van der Waals surface area contributed by atoms with Gasteiger partial charge in [-0.25, -0.2) is 0 Å². The Morgan fingerprint density at radius 3 is 2.52 bits per heavy atom. The zero-order valence-electron chi connectivity index (χ0n) is 13.9. The standard InChI is InChI=1S/C19H25NO3/c1-12-4-3-5-13(2)19(12)20-17(21)11-23-18(22)10-16-9-14-6-7-15(16)8-14/h3-5,14-16H,6-11H2,1-2H3,(H,20,21)/t14-,15-,16-/m1/s1. The fourth-order valence-electron chi connectivity index (χ4n) is 4.23. The highest BCUT2D eigenvalue weighted by molar-refractivity contribution is 5.94. The van der Waals surface area contributed by atoms with Gasteiger partial charge in [-0.1, -0.05) is 24.6 Å². The Balaban J connectivity index is 1.44. The molecule has 4 nitrogen and oxygen atoms in total. The summed E-state index contributed by atoms with van der Waals surface area (Å²) >= 11 is 0. The highest BCUT2D eigenvalue weighted by atomic mass is 16.5. The molecule has 1 aromatic rings. The number of hydrogen-bond donors (Lipinski definition) is 1. The highest BCUT2D eigenvalue weighted by Gasteiger charge is 2.40. The molecule has 0 aromatic heterocycles. The first kappa shape index (κ1) is 16.0. The Morgan fingerprint density at radius 2 is 1.91 bits per heavy atom. The minimum Gasteiger partial charge on any atom is -0.456 e. The van der Waals surface area contributed by atoms with Crippen molar-refractivity contribution in [3.8, 4) is 0 Å². The maximum Gasteiger partial charge on any atom is 0.306 e. The van der Waals surface area contributed by atoms with Gasteiger partial charge in [0.2, 0.25) is 0 Å². The van der Waals surface area contributed by atoms with E-state index in [1.54, 1.807) is 0 Å². The van der Waals surface area contributed by atoms with Gasteiger partial charge in [0.05, 0.1) is 0 Å². The minimum absolute atomic E-state index is 0.201. The smallest absolute Gasteiger partial charge is 0.306 e. The number of nitrogens with one attached hydrogen (secondary N) is 1. The second-order valence-corrected chi connectivity index (χ2v) is 7.11. The second-order valence-electron chi connectivity index (χ2n) is 7.11. The van der Waals surface area contributed by atoms with Gasteiger partial charge in [-0.3, -0.25) is 9.59 Å². The molecule has 3 atom stereocenters. The van der Waals surface area contributed by atoms with Crippen molar-refractivity contribution in [2.75, 3.05) is 11.9 Å². The number of esters is 1. The summed E-state index contributed by atoms with van der Waals surface area (Å²) in [5, 5.41) is 2.84. The third-order valence-electron chi connectivity index (χ3n) is 5.42. The number of carbonyl (C=O) groups is 2. The first-order valence-electron chi connectivity index (χ1n) is 8.54. The lowest BCUT2D eigenvalue weighted by Gasteiger charge is -2.20. The number of amides is 1. The highest BCUT2D eigenvalue weighted by Crippen LogP contribution is 2.49. The van der Waals surface area contributed by atoms with Crippen LogP contribution in [0, 0.1) is 31.6 Å². The van der Waals surface area contributed by atoms with Gasteiger partial charge in [0.15, 0.2) is 6.61 Å². The summed E-state index contributed by atoms with van der Waals surface area (Å²) in [6, 6.07) is 5.85. The van der Waals surface area contributed by atoms with E-state index in [-0.39, 0.29) is 18.5 Å². The number of carbonyl (C=O) groups excluding carboxylic acids is 2. The molecule has 2 fully saturated rings. The summed E-state index contributed by atoms with van der Waals surface area (Å²) in [6.07, 6.45) is 5.50. The summed E-state index contributed by atoms with van der Waals surface area (Å²) in [6.45, 7) is 3.70. The van der Waals surface area contributed by atoms with Gasteiger partial charge >= 0.3 is 5.97 Å². The fraction of sp³-hybridized carbons (Fsp3) is 0.579. The van der Waals surface area contributed by atoms with Crippen LogP contribution in [0.2, 0.25) is 0 Å². The number of aryl methyl sites for hydroxylation is 2. The fourth-order valence-corrected chi connectivity index (χ4v) is 4.23. The van der Waals surface area contributed by atoms with E-state index in [0.717, 1.165) is 29.2 Å². The van der Waals surface area contributed by atoms with E-state index in [2.05, 4.69) is 5.32 Å². The third kappa shape index (κ3) is 3.74. The van der Waals surface area contributed by atoms with E-state index >= 15 is 0 Å². The number of rotatable bonds is 5. The summed E-state index contributed by atoms with van der Waals surface area (Å²) in [4.78, 5) is 24.0. The minimum atomic E-state index is -0.274. The molecule has 4 heteroatoms. The Labute approximate surface area is 137 Å². The Morgan fingerprint density at radius 1 is 1.17 bits per heavy atom. The number of fused-ring (bicyclic) bond motifs is 2. The molecule has 124 valence electrons. The van der Waals surface area contributed by atoms with Crippen LogP contribution in [0.4, 0.5) is 5.69 Å². The van der Waals surface area contributed by atoms with Crippen LogP contribution in [-0.2, 0) is 14.3 Å². The van der Waals surface area contributed by atoms with Crippen molar-refractivity contribution in [3.05, 3.63) is 29.3 Å². The Kier molecular flexibility index (Phi) is 4.69. The molecular weight excluding hydrogens is 290 g/mol. The first-order valence-corrected chi connectivity index (χ1v) is 8.54. The van der Waals surface area contributed by atoms with E-state index in [1.807, 2.05) is 32.0 Å². The molecule has 2 aliphatic rings. The molecular formula is C19H25NO3. The van der Waals surface area contributed by atoms with Gasteiger partial charge in [-0.05, 0) is 62.0 Å². The molecule has 1 amide bonds. The number of hydrogen-bond acceptors (Lipinski definition) is 3. The van der Waals surface area contributed by atoms with Gasteiger partial charge < -0.3 is 10.1 Å². The average molecular weight is 315 g/mol. The van der Waals surface area contributed by atoms with Crippen LogP contribution >= 0.6 is 0 Å². The normalized spacial score (nSPS) is 25.4. The van der Waals surface area contributed by atoms with Crippen molar-refractivity contribution in [1.82, 2.24) is 0 Å². The van der Waals surface area contributed by atoms with Crippen molar-refractivity contribution < 1.29 is 14.3 Å². The van der Waals surface area contributed by atoms with Crippen LogP contribution < -0.4 is 5.32 Å². The molecule has 23 heavy (non-hydrogen) atoms. The van der Waals surface area contributed by atoms with Gasteiger partial charge in [-0.15, -0.1) is 0 Å². The zero-order chi connectivity index (χ0) is 16.4. The maximum absolute atomic E-state index is 12.0. The van der Waals surface area contributed by atoms with E-state index in [1.165, 1.54) is 19.3 Å². The summed E-state index contributed by atoms with van der Waals surface area (Å²) in [5.41, 5.74) is 2.82. The molecule has 1 N–H and O–H groups in total. The molecule has 3 rings (SSSR count).